The second-order valence-corrected chi connectivity index (χ2v) is 12.1. The van der Waals surface area contributed by atoms with Gasteiger partial charge in [-0.3, -0.25) is 4.98 Å². The van der Waals surface area contributed by atoms with Gasteiger partial charge >= 0.3 is 6.01 Å². The van der Waals surface area contributed by atoms with E-state index in [0.717, 1.165) is 25.8 Å². The number of halogens is 1. The standard InChI is InChI=1S/C32H34FN5O3/c1-5-20-8-6-9-21-14-22(39)15-23(25(20)21)27-26(33)28-24(16-34-27)29(38-13-7-10-31(2,40)17-38)36-30(35-28)41-19-32(11-12-32)18-37(3)4/h1,6,8-9,14-16,39-40H,7,10-13,17-19H2,2-4H3. The fraction of sp³-hybridized carbons (Fsp3) is 0.406. The van der Waals surface area contributed by atoms with Crippen LogP contribution < -0.4 is 9.64 Å². The molecule has 2 fully saturated rings. The van der Waals surface area contributed by atoms with Crippen LogP contribution in [0, 0.1) is 23.6 Å². The highest BCUT2D eigenvalue weighted by Gasteiger charge is 2.44. The molecule has 1 unspecified atom stereocenters. The first kappa shape index (κ1) is 27.2. The first-order chi connectivity index (χ1) is 19.6. The minimum atomic E-state index is -0.904. The van der Waals surface area contributed by atoms with Crippen molar-refractivity contribution in [2.45, 2.75) is 38.2 Å². The summed E-state index contributed by atoms with van der Waals surface area (Å²) in [5, 5.41) is 23.0. The lowest BCUT2D eigenvalue weighted by Crippen LogP contribution is -2.46. The molecule has 2 aliphatic rings. The van der Waals surface area contributed by atoms with E-state index in [1.54, 1.807) is 31.3 Å². The predicted molar refractivity (Wildman–Crippen MR) is 158 cm³/mol. The van der Waals surface area contributed by atoms with Crippen LogP contribution in [0.1, 0.15) is 38.2 Å². The number of rotatable bonds is 7. The lowest BCUT2D eigenvalue weighted by molar-refractivity contribution is 0.0447. The average molecular weight is 556 g/mol. The number of nitrogens with zero attached hydrogens (tertiary/aromatic N) is 5. The molecular weight excluding hydrogens is 521 g/mol. The maximum Gasteiger partial charge on any atom is 0.319 e. The topological polar surface area (TPSA) is 94.8 Å². The van der Waals surface area contributed by atoms with Crippen LogP contribution in [-0.2, 0) is 0 Å². The highest BCUT2D eigenvalue weighted by molar-refractivity contribution is 6.02. The molecule has 2 aromatic carbocycles. The predicted octanol–water partition coefficient (Wildman–Crippen LogP) is 4.74. The van der Waals surface area contributed by atoms with Gasteiger partial charge in [-0.1, -0.05) is 18.1 Å². The molecule has 8 nitrogen and oxygen atoms in total. The third-order valence-corrected chi connectivity index (χ3v) is 8.11. The van der Waals surface area contributed by atoms with Gasteiger partial charge in [0.05, 0.1) is 17.6 Å². The first-order valence-corrected chi connectivity index (χ1v) is 13.9. The number of hydrogen-bond donors (Lipinski definition) is 2. The van der Waals surface area contributed by atoms with Gasteiger partial charge in [0, 0.05) is 47.8 Å². The summed E-state index contributed by atoms with van der Waals surface area (Å²) in [5.74, 6) is 2.46. The van der Waals surface area contributed by atoms with Gasteiger partial charge in [0.2, 0.25) is 0 Å². The minimum absolute atomic E-state index is 0.0219. The number of aromatic hydroxyl groups is 1. The Balaban J connectivity index is 1.51. The number of β-amino-alcohol motifs (C(OH)–C–C–N with tert-alkyl or cyclic N) is 1. The van der Waals surface area contributed by atoms with Crippen molar-refractivity contribution in [1.29, 1.82) is 0 Å². The van der Waals surface area contributed by atoms with Crippen LogP contribution in [0.3, 0.4) is 0 Å². The Hall–Kier alpha value is -4.00. The third kappa shape index (κ3) is 5.25. The molecule has 1 saturated heterocycles. The van der Waals surface area contributed by atoms with Gasteiger partial charge in [-0.15, -0.1) is 6.42 Å². The van der Waals surface area contributed by atoms with Crippen LogP contribution in [-0.4, -0.2) is 76.0 Å². The van der Waals surface area contributed by atoms with Crippen molar-refractivity contribution in [3.05, 3.63) is 47.9 Å². The van der Waals surface area contributed by atoms with Crippen LogP contribution in [0.25, 0.3) is 32.9 Å². The van der Waals surface area contributed by atoms with E-state index >= 15 is 4.39 Å². The number of ether oxygens (including phenoxy) is 1. The summed E-state index contributed by atoms with van der Waals surface area (Å²) in [6.45, 7) is 4.10. The first-order valence-electron chi connectivity index (χ1n) is 13.9. The summed E-state index contributed by atoms with van der Waals surface area (Å²) < 4.78 is 22.7. The Kier molecular flexibility index (Phi) is 6.71. The number of hydrogen-bond acceptors (Lipinski definition) is 8. The summed E-state index contributed by atoms with van der Waals surface area (Å²) in [6.07, 6.45) is 10.9. The number of aromatic nitrogens is 3. The smallest absolute Gasteiger partial charge is 0.319 e. The summed E-state index contributed by atoms with van der Waals surface area (Å²) in [5.41, 5.74) is 0.154. The molecule has 4 aromatic rings. The van der Waals surface area contributed by atoms with Gasteiger partial charge in [-0.2, -0.15) is 9.97 Å². The van der Waals surface area contributed by atoms with Gasteiger partial charge in [-0.25, -0.2) is 4.39 Å². The maximum absolute atomic E-state index is 16.6. The molecule has 1 saturated carbocycles. The highest BCUT2D eigenvalue weighted by atomic mass is 19.1. The summed E-state index contributed by atoms with van der Waals surface area (Å²) in [6, 6.07) is 8.54. The zero-order valence-corrected chi connectivity index (χ0v) is 23.6. The quantitative estimate of drug-likeness (QED) is 0.316. The van der Waals surface area contributed by atoms with Crippen LogP contribution in [0.15, 0.2) is 36.5 Å². The molecule has 1 aliphatic heterocycles. The van der Waals surface area contributed by atoms with Gasteiger partial charge in [0.1, 0.15) is 22.8 Å². The number of terminal acetylenes is 1. The number of pyridine rings is 1. The van der Waals surface area contributed by atoms with Gasteiger partial charge < -0.3 is 24.7 Å². The lowest BCUT2D eigenvalue weighted by Gasteiger charge is -2.37. The molecule has 3 heterocycles. The normalized spacial score (nSPS) is 20.0. The van der Waals surface area contributed by atoms with E-state index in [1.165, 1.54) is 6.07 Å². The molecule has 41 heavy (non-hydrogen) atoms. The van der Waals surface area contributed by atoms with E-state index in [2.05, 4.69) is 20.8 Å². The van der Waals surface area contributed by atoms with E-state index in [1.807, 2.05) is 25.1 Å². The number of phenolic OH excluding ortho intramolecular Hbond substituents is 1. The molecule has 0 amide bonds. The van der Waals surface area contributed by atoms with Crippen molar-refractivity contribution in [1.82, 2.24) is 19.9 Å². The number of piperidine rings is 1. The Morgan fingerprint density at radius 2 is 2.00 bits per heavy atom. The number of fused-ring (bicyclic) bond motifs is 2. The summed E-state index contributed by atoms with van der Waals surface area (Å²) in [7, 11) is 4.07. The van der Waals surface area contributed by atoms with Crippen molar-refractivity contribution in [2.75, 3.05) is 45.2 Å². The zero-order chi connectivity index (χ0) is 28.9. The van der Waals surface area contributed by atoms with Crippen LogP contribution in [0.5, 0.6) is 11.8 Å². The molecule has 6 rings (SSSR count). The zero-order valence-electron chi connectivity index (χ0n) is 23.6. The van der Waals surface area contributed by atoms with E-state index in [-0.39, 0.29) is 28.4 Å². The Bertz CT molecular complexity index is 1690. The molecule has 0 bridgehead atoms. The Labute approximate surface area is 238 Å². The fourth-order valence-corrected chi connectivity index (χ4v) is 6.05. The van der Waals surface area contributed by atoms with Crippen molar-refractivity contribution in [2.24, 2.45) is 5.41 Å². The molecular formula is C32H34FN5O3. The third-order valence-electron chi connectivity index (χ3n) is 8.11. The van der Waals surface area contributed by atoms with Crippen molar-refractivity contribution in [3.8, 4) is 35.4 Å². The van der Waals surface area contributed by atoms with E-state index in [9.17, 15) is 10.2 Å². The molecule has 212 valence electrons. The average Bonchev–Trinajstić information content (AvgIpc) is 3.69. The molecule has 0 radical (unpaired) electrons. The van der Waals surface area contributed by atoms with Crippen molar-refractivity contribution in [3.63, 3.8) is 0 Å². The molecule has 9 heteroatoms. The van der Waals surface area contributed by atoms with Gasteiger partial charge in [0.25, 0.3) is 0 Å². The molecule has 1 atom stereocenters. The number of benzene rings is 2. The minimum Gasteiger partial charge on any atom is -0.508 e. The number of anilines is 1. The molecule has 2 N–H and O–H groups in total. The van der Waals surface area contributed by atoms with E-state index in [0.29, 0.717) is 59.2 Å². The summed E-state index contributed by atoms with van der Waals surface area (Å²) in [4.78, 5) is 17.9. The maximum atomic E-state index is 16.6. The summed E-state index contributed by atoms with van der Waals surface area (Å²) >= 11 is 0. The Morgan fingerprint density at radius 3 is 2.71 bits per heavy atom. The molecule has 1 aliphatic carbocycles. The molecule has 0 spiro atoms. The number of aliphatic hydroxyl groups is 1. The van der Waals surface area contributed by atoms with E-state index in [4.69, 9.17) is 16.1 Å². The lowest BCUT2D eigenvalue weighted by atomic mass is 9.95. The van der Waals surface area contributed by atoms with E-state index < -0.39 is 11.4 Å². The molecule has 2 aromatic heterocycles. The monoisotopic (exact) mass is 555 g/mol. The van der Waals surface area contributed by atoms with Crippen LogP contribution in [0.2, 0.25) is 0 Å². The Morgan fingerprint density at radius 1 is 1.20 bits per heavy atom. The van der Waals surface area contributed by atoms with Crippen LogP contribution >= 0.6 is 0 Å². The highest BCUT2D eigenvalue weighted by Crippen LogP contribution is 2.46. The largest absolute Gasteiger partial charge is 0.508 e. The van der Waals surface area contributed by atoms with Crippen molar-refractivity contribution >= 4 is 27.5 Å². The SMILES string of the molecule is C#Cc1cccc2cc(O)cc(-c3ncc4c(N5CCCC(C)(O)C5)nc(OCC5(CN(C)C)CC5)nc4c3F)c12. The number of phenols is 1. The van der Waals surface area contributed by atoms with Crippen molar-refractivity contribution < 1.29 is 19.3 Å². The van der Waals surface area contributed by atoms with Crippen LogP contribution in [0.4, 0.5) is 10.2 Å². The van der Waals surface area contributed by atoms with Gasteiger partial charge in [0.15, 0.2) is 5.82 Å². The fourth-order valence-electron chi connectivity index (χ4n) is 6.05. The van der Waals surface area contributed by atoms with Gasteiger partial charge in [-0.05, 0) is 70.3 Å². The second kappa shape index (κ2) is 10.1. The second-order valence-electron chi connectivity index (χ2n) is 12.1.